The van der Waals surface area contributed by atoms with E-state index in [1.54, 1.807) is 6.07 Å². The Kier molecular flexibility index (Phi) is 2.05. The van der Waals surface area contributed by atoms with Crippen LogP contribution in [-0.4, -0.2) is 5.11 Å². The van der Waals surface area contributed by atoms with Crippen LogP contribution >= 0.6 is 0 Å². The van der Waals surface area contributed by atoms with Crippen LogP contribution in [0.3, 0.4) is 0 Å². The first-order valence-corrected chi connectivity index (χ1v) is 4.45. The van der Waals surface area contributed by atoms with Crippen LogP contribution in [0.4, 0.5) is 4.39 Å². The lowest BCUT2D eigenvalue weighted by molar-refractivity contribution is 0.432. The van der Waals surface area contributed by atoms with Crippen LogP contribution in [0, 0.1) is 5.82 Å². The Morgan fingerprint density at radius 2 is 2.15 bits per heavy atom. The predicted octanol–water partition coefficient (Wildman–Crippen LogP) is 3.10. The summed E-state index contributed by atoms with van der Waals surface area (Å²) in [6.07, 6.45) is 5.38. The molecule has 1 aliphatic rings. The summed E-state index contributed by atoms with van der Waals surface area (Å²) in [4.78, 5) is 0. The smallest absolute Gasteiger partial charge is 0.165 e. The standard InChI is InChI=1S/C11H11FO/c12-10-7-9(5-6-11(10)13)8-3-1-2-4-8/h3,5-7,13H,1-2,4H2. The van der Waals surface area contributed by atoms with E-state index in [9.17, 15) is 4.39 Å². The minimum Gasteiger partial charge on any atom is -0.505 e. The molecule has 0 bridgehead atoms. The van der Waals surface area contributed by atoms with Gasteiger partial charge in [0, 0.05) is 0 Å². The number of aromatic hydroxyl groups is 1. The molecule has 0 unspecified atom stereocenters. The summed E-state index contributed by atoms with van der Waals surface area (Å²) >= 11 is 0. The fraction of sp³-hybridized carbons (Fsp3) is 0.273. The number of phenols is 1. The zero-order valence-electron chi connectivity index (χ0n) is 7.26. The zero-order chi connectivity index (χ0) is 9.26. The normalized spacial score (nSPS) is 15.9. The van der Waals surface area contributed by atoms with Crippen molar-refractivity contribution in [3.8, 4) is 5.75 Å². The van der Waals surface area contributed by atoms with E-state index in [0.29, 0.717) is 0 Å². The minimum atomic E-state index is -0.537. The predicted molar refractivity (Wildman–Crippen MR) is 49.9 cm³/mol. The van der Waals surface area contributed by atoms with E-state index < -0.39 is 5.82 Å². The molecule has 13 heavy (non-hydrogen) atoms. The van der Waals surface area contributed by atoms with E-state index in [4.69, 9.17) is 5.11 Å². The number of hydrogen-bond acceptors (Lipinski definition) is 1. The molecule has 68 valence electrons. The highest BCUT2D eigenvalue weighted by Gasteiger charge is 2.09. The van der Waals surface area contributed by atoms with Gasteiger partial charge in [0.25, 0.3) is 0 Å². The molecule has 0 spiro atoms. The monoisotopic (exact) mass is 178 g/mol. The number of rotatable bonds is 1. The van der Waals surface area contributed by atoms with Crippen molar-refractivity contribution in [2.45, 2.75) is 19.3 Å². The molecule has 1 aliphatic carbocycles. The Hall–Kier alpha value is -1.31. The van der Waals surface area contributed by atoms with Gasteiger partial charge < -0.3 is 5.11 Å². The lowest BCUT2D eigenvalue weighted by atomic mass is 10.1. The van der Waals surface area contributed by atoms with E-state index >= 15 is 0 Å². The number of halogens is 1. The van der Waals surface area contributed by atoms with Gasteiger partial charge in [-0.2, -0.15) is 0 Å². The first-order chi connectivity index (χ1) is 6.27. The number of hydrogen-bond donors (Lipinski definition) is 1. The molecular formula is C11H11FO. The summed E-state index contributed by atoms with van der Waals surface area (Å²) in [5, 5.41) is 8.99. The van der Waals surface area contributed by atoms with Gasteiger partial charge >= 0.3 is 0 Å². The molecule has 1 aromatic rings. The van der Waals surface area contributed by atoms with Gasteiger partial charge in [0.1, 0.15) is 0 Å². The molecule has 2 rings (SSSR count). The Balaban J connectivity index is 2.36. The van der Waals surface area contributed by atoms with Crippen molar-refractivity contribution in [3.05, 3.63) is 35.7 Å². The third-order valence-electron chi connectivity index (χ3n) is 2.36. The molecule has 0 saturated carbocycles. The molecule has 2 heteroatoms. The average molecular weight is 178 g/mol. The summed E-state index contributed by atoms with van der Waals surface area (Å²) in [6, 6.07) is 4.56. The maximum Gasteiger partial charge on any atom is 0.165 e. The molecule has 0 atom stereocenters. The maximum absolute atomic E-state index is 13.0. The van der Waals surface area contributed by atoms with Crippen LogP contribution in [0.25, 0.3) is 5.57 Å². The fourth-order valence-electron chi connectivity index (χ4n) is 1.64. The molecular weight excluding hydrogens is 167 g/mol. The molecule has 1 aromatic carbocycles. The molecule has 0 fully saturated rings. The highest BCUT2D eigenvalue weighted by atomic mass is 19.1. The number of allylic oxidation sites excluding steroid dienone is 2. The summed E-state index contributed by atoms with van der Waals surface area (Å²) in [5.74, 6) is -0.812. The van der Waals surface area contributed by atoms with Crippen molar-refractivity contribution in [2.75, 3.05) is 0 Å². The summed E-state index contributed by atoms with van der Waals surface area (Å²) in [7, 11) is 0. The molecule has 0 radical (unpaired) electrons. The Bertz CT molecular complexity index is 355. The van der Waals surface area contributed by atoms with E-state index in [0.717, 1.165) is 24.8 Å². The van der Waals surface area contributed by atoms with Gasteiger partial charge in [0.05, 0.1) is 0 Å². The van der Waals surface area contributed by atoms with Crippen molar-refractivity contribution in [3.63, 3.8) is 0 Å². The lowest BCUT2D eigenvalue weighted by Gasteiger charge is -2.02. The second kappa shape index (κ2) is 3.21. The molecule has 0 saturated heterocycles. The van der Waals surface area contributed by atoms with E-state index in [-0.39, 0.29) is 5.75 Å². The zero-order valence-corrected chi connectivity index (χ0v) is 7.26. The topological polar surface area (TPSA) is 20.2 Å². The van der Waals surface area contributed by atoms with Crippen LogP contribution in [0.1, 0.15) is 24.8 Å². The van der Waals surface area contributed by atoms with Crippen LogP contribution < -0.4 is 0 Å². The van der Waals surface area contributed by atoms with Crippen LogP contribution in [0.2, 0.25) is 0 Å². The van der Waals surface area contributed by atoms with E-state index in [1.165, 1.54) is 17.7 Å². The van der Waals surface area contributed by atoms with Gasteiger partial charge in [-0.1, -0.05) is 12.1 Å². The minimum absolute atomic E-state index is 0.276. The fourth-order valence-corrected chi connectivity index (χ4v) is 1.64. The van der Waals surface area contributed by atoms with Crippen molar-refractivity contribution in [1.82, 2.24) is 0 Å². The van der Waals surface area contributed by atoms with Crippen molar-refractivity contribution in [2.24, 2.45) is 0 Å². The second-order valence-corrected chi connectivity index (χ2v) is 3.29. The van der Waals surface area contributed by atoms with Gasteiger partial charge in [-0.15, -0.1) is 0 Å². The second-order valence-electron chi connectivity index (χ2n) is 3.29. The molecule has 0 aliphatic heterocycles. The maximum atomic E-state index is 13.0. The van der Waals surface area contributed by atoms with Crippen LogP contribution in [0.15, 0.2) is 24.3 Å². The first-order valence-electron chi connectivity index (χ1n) is 4.45. The van der Waals surface area contributed by atoms with E-state index in [2.05, 4.69) is 6.08 Å². The molecule has 0 amide bonds. The first kappa shape index (κ1) is 8.30. The van der Waals surface area contributed by atoms with Gasteiger partial charge in [0.15, 0.2) is 11.6 Å². The van der Waals surface area contributed by atoms with Crippen LogP contribution in [0.5, 0.6) is 5.75 Å². The lowest BCUT2D eigenvalue weighted by Crippen LogP contribution is -1.83. The summed E-state index contributed by atoms with van der Waals surface area (Å²) in [6.45, 7) is 0. The molecule has 1 nitrogen and oxygen atoms in total. The number of benzene rings is 1. The third-order valence-corrected chi connectivity index (χ3v) is 2.36. The third kappa shape index (κ3) is 1.57. The largest absolute Gasteiger partial charge is 0.505 e. The SMILES string of the molecule is Oc1ccc(C2=CCCC2)cc1F. The quantitative estimate of drug-likeness (QED) is 0.700. The van der Waals surface area contributed by atoms with Crippen molar-refractivity contribution < 1.29 is 9.50 Å². The Morgan fingerprint density at radius 1 is 1.31 bits per heavy atom. The highest BCUT2D eigenvalue weighted by molar-refractivity contribution is 5.67. The Morgan fingerprint density at radius 3 is 2.77 bits per heavy atom. The van der Waals surface area contributed by atoms with Crippen molar-refractivity contribution >= 4 is 5.57 Å². The summed E-state index contributed by atoms with van der Waals surface area (Å²) < 4.78 is 13.0. The highest BCUT2D eigenvalue weighted by Crippen LogP contribution is 2.29. The Labute approximate surface area is 76.5 Å². The number of phenolic OH excluding ortho intramolecular Hbond substituents is 1. The average Bonchev–Trinajstić information content (AvgIpc) is 2.62. The van der Waals surface area contributed by atoms with Gasteiger partial charge in [-0.3, -0.25) is 0 Å². The molecule has 0 aromatic heterocycles. The van der Waals surface area contributed by atoms with Crippen LogP contribution in [-0.2, 0) is 0 Å². The summed E-state index contributed by atoms with van der Waals surface area (Å²) in [5.41, 5.74) is 2.09. The molecule has 0 heterocycles. The van der Waals surface area contributed by atoms with E-state index in [1.807, 2.05) is 0 Å². The molecule has 1 N–H and O–H groups in total. The van der Waals surface area contributed by atoms with Crippen molar-refractivity contribution in [1.29, 1.82) is 0 Å². The van der Waals surface area contributed by atoms with Gasteiger partial charge in [-0.25, -0.2) is 4.39 Å². The van der Waals surface area contributed by atoms with Gasteiger partial charge in [-0.05, 0) is 42.5 Å². The van der Waals surface area contributed by atoms with Gasteiger partial charge in [0.2, 0.25) is 0 Å².